The number of halogens is 2. The smallest absolute Gasteiger partial charge is 0.232 e. The van der Waals surface area contributed by atoms with Gasteiger partial charge in [0.2, 0.25) is 5.91 Å². The second-order valence-corrected chi connectivity index (χ2v) is 8.80. The van der Waals surface area contributed by atoms with Gasteiger partial charge in [0.1, 0.15) is 0 Å². The van der Waals surface area contributed by atoms with Gasteiger partial charge in [-0.15, -0.1) is 11.8 Å². The van der Waals surface area contributed by atoms with Gasteiger partial charge >= 0.3 is 0 Å². The lowest BCUT2D eigenvalue weighted by Gasteiger charge is -2.12. The van der Waals surface area contributed by atoms with Gasteiger partial charge in [-0.25, -0.2) is 0 Å². The highest BCUT2D eigenvalue weighted by molar-refractivity contribution is 7.99. The van der Waals surface area contributed by atoms with Gasteiger partial charge < -0.3 is 5.32 Å². The lowest BCUT2D eigenvalue weighted by molar-refractivity contribution is -0.120. The zero-order valence-corrected chi connectivity index (χ0v) is 17.2. The SMILES string of the molecule is C[C@H](SCc1ccccc1)C(=O)NCCSCc1ccc(Cl)cc1Cl. The Morgan fingerprint density at radius 2 is 1.88 bits per heavy atom. The fourth-order valence-corrected chi connectivity index (χ4v) is 4.37. The molecule has 0 aromatic heterocycles. The Balaban J connectivity index is 1.61. The molecule has 6 heteroatoms. The molecule has 0 bridgehead atoms. The number of carbonyl (C=O) groups is 1. The van der Waals surface area contributed by atoms with Crippen LogP contribution >= 0.6 is 46.7 Å². The Morgan fingerprint density at radius 1 is 1.12 bits per heavy atom. The minimum absolute atomic E-state index is 0.0593. The molecule has 2 aromatic rings. The van der Waals surface area contributed by atoms with Crippen molar-refractivity contribution in [1.82, 2.24) is 5.32 Å². The molecule has 0 heterocycles. The largest absolute Gasteiger partial charge is 0.354 e. The Bertz CT molecular complexity index is 682. The van der Waals surface area contributed by atoms with E-state index in [1.165, 1.54) is 5.56 Å². The number of benzene rings is 2. The highest BCUT2D eigenvalue weighted by Crippen LogP contribution is 2.24. The molecular formula is C19H21Cl2NOS2. The molecular weight excluding hydrogens is 393 g/mol. The van der Waals surface area contributed by atoms with Crippen molar-refractivity contribution >= 4 is 52.6 Å². The molecule has 0 saturated carbocycles. The van der Waals surface area contributed by atoms with Crippen LogP contribution in [-0.2, 0) is 16.3 Å². The van der Waals surface area contributed by atoms with Gasteiger partial charge in [-0.1, -0.05) is 59.6 Å². The maximum Gasteiger partial charge on any atom is 0.232 e. The van der Waals surface area contributed by atoms with Crippen LogP contribution in [0.2, 0.25) is 10.0 Å². The molecule has 1 atom stereocenters. The van der Waals surface area contributed by atoms with Crippen LogP contribution in [0.1, 0.15) is 18.1 Å². The van der Waals surface area contributed by atoms with Gasteiger partial charge in [-0.2, -0.15) is 11.8 Å². The number of hydrogen-bond acceptors (Lipinski definition) is 3. The maximum atomic E-state index is 12.1. The lowest BCUT2D eigenvalue weighted by Crippen LogP contribution is -2.32. The van der Waals surface area contributed by atoms with Crippen LogP contribution in [0.15, 0.2) is 48.5 Å². The predicted octanol–water partition coefficient (Wildman–Crippen LogP) is 5.66. The fourth-order valence-electron chi connectivity index (χ4n) is 2.08. The van der Waals surface area contributed by atoms with Crippen molar-refractivity contribution in [2.45, 2.75) is 23.7 Å². The first-order chi connectivity index (χ1) is 12.1. The van der Waals surface area contributed by atoms with Crippen molar-refractivity contribution in [3.8, 4) is 0 Å². The average molecular weight is 414 g/mol. The van der Waals surface area contributed by atoms with Crippen molar-refractivity contribution in [3.05, 3.63) is 69.7 Å². The second kappa shape index (κ2) is 11.0. The zero-order chi connectivity index (χ0) is 18.1. The van der Waals surface area contributed by atoms with Crippen molar-refractivity contribution in [3.63, 3.8) is 0 Å². The molecule has 1 N–H and O–H groups in total. The van der Waals surface area contributed by atoms with Crippen LogP contribution in [-0.4, -0.2) is 23.5 Å². The summed E-state index contributed by atoms with van der Waals surface area (Å²) in [6, 6.07) is 15.7. The predicted molar refractivity (Wildman–Crippen MR) is 113 cm³/mol. The van der Waals surface area contributed by atoms with E-state index >= 15 is 0 Å². The van der Waals surface area contributed by atoms with Gasteiger partial charge in [-0.05, 0) is 30.2 Å². The molecule has 2 rings (SSSR count). The molecule has 25 heavy (non-hydrogen) atoms. The van der Waals surface area contributed by atoms with Crippen molar-refractivity contribution in [2.24, 2.45) is 0 Å². The summed E-state index contributed by atoms with van der Waals surface area (Å²) >= 11 is 15.4. The number of amides is 1. The highest BCUT2D eigenvalue weighted by Gasteiger charge is 2.12. The number of hydrogen-bond donors (Lipinski definition) is 1. The third-order valence-electron chi connectivity index (χ3n) is 3.53. The summed E-state index contributed by atoms with van der Waals surface area (Å²) in [4.78, 5) is 12.1. The first kappa shape index (κ1) is 20.5. The van der Waals surface area contributed by atoms with Crippen molar-refractivity contribution in [1.29, 1.82) is 0 Å². The minimum Gasteiger partial charge on any atom is -0.354 e. The number of nitrogens with one attached hydrogen (secondary N) is 1. The van der Waals surface area contributed by atoms with Crippen molar-refractivity contribution in [2.75, 3.05) is 12.3 Å². The highest BCUT2D eigenvalue weighted by atomic mass is 35.5. The van der Waals surface area contributed by atoms with Crippen LogP contribution < -0.4 is 5.32 Å². The van der Waals surface area contributed by atoms with E-state index in [1.807, 2.05) is 37.3 Å². The standard InChI is InChI=1S/C19H21Cl2NOS2/c1-14(25-12-15-5-3-2-4-6-15)19(23)22-9-10-24-13-16-7-8-17(20)11-18(16)21/h2-8,11,14H,9-10,12-13H2,1H3,(H,22,23)/t14-/m0/s1. The van der Waals surface area contributed by atoms with Crippen LogP contribution in [0.4, 0.5) is 0 Å². The molecule has 0 saturated heterocycles. The van der Waals surface area contributed by atoms with Gasteiger partial charge in [0, 0.05) is 33.8 Å². The fraction of sp³-hybridized carbons (Fsp3) is 0.316. The third-order valence-corrected chi connectivity index (χ3v) is 6.34. The topological polar surface area (TPSA) is 29.1 Å². The summed E-state index contributed by atoms with van der Waals surface area (Å²) in [6.07, 6.45) is 0. The Morgan fingerprint density at radius 3 is 2.60 bits per heavy atom. The van der Waals surface area contributed by atoms with Crippen LogP contribution in [0.3, 0.4) is 0 Å². The van der Waals surface area contributed by atoms with Gasteiger partial charge in [0.05, 0.1) is 5.25 Å². The van der Waals surface area contributed by atoms with Crippen LogP contribution in [0.25, 0.3) is 0 Å². The molecule has 0 fully saturated rings. The zero-order valence-electron chi connectivity index (χ0n) is 14.0. The Labute approximate surface area is 168 Å². The molecule has 0 radical (unpaired) electrons. The summed E-state index contributed by atoms with van der Waals surface area (Å²) in [5.74, 6) is 2.59. The first-order valence-corrected chi connectivity index (χ1v) is 11.0. The van der Waals surface area contributed by atoms with Gasteiger partial charge in [0.15, 0.2) is 0 Å². The molecule has 0 aliphatic heterocycles. The minimum atomic E-state index is -0.0593. The summed E-state index contributed by atoms with van der Waals surface area (Å²) in [5.41, 5.74) is 2.30. The van der Waals surface area contributed by atoms with Crippen LogP contribution in [0, 0.1) is 0 Å². The second-order valence-electron chi connectivity index (χ2n) is 5.52. The quantitative estimate of drug-likeness (QED) is 0.537. The van der Waals surface area contributed by atoms with E-state index in [1.54, 1.807) is 29.6 Å². The Kier molecular flexibility index (Phi) is 9.04. The van der Waals surface area contributed by atoms with E-state index in [2.05, 4.69) is 17.4 Å². The molecule has 0 spiro atoms. The molecule has 2 aromatic carbocycles. The molecule has 0 aliphatic carbocycles. The van der Waals surface area contributed by atoms with Gasteiger partial charge in [-0.3, -0.25) is 4.79 Å². The number of thioether (sulfide) groups is 2. The summed E-state index contributed by atoms with van der Waals surface area (Å²) in [5, 5.41) is 4.27. The summed E-state index contributed by atoms with van der Waals surface area (Å²) < 4.78 is 0. The molecule has 1 amide bonds. The average Bonchev–Trinajstić information content (AvgIpc) is 2.61. The number of rotatable bonds is 9. The molecule has 0 unspecified atom stereocenters. The van der Waals surface area contributed by atoms with Crippen LogP contribution in [0.5, 0.6) is 0 Å². The van der Waals surface area contributed by atoms with E-state index in [0.29, 0.717) is 16.6 Å². The summed E-state index contributed by atoms with van der Waals surface area (Å²) in [6.45, 7) is 2.61. The molecule has 2 nitrogen and oxygen atoms in total. The Hall–Kier alpha value is -0.810. The first-order valence-electron chi connectivity index (χ1n) is 8.01. The van der Waals surface area contributed by atoms with Gasteiger partial charge in [0.25, 0.3) is 0 Å². The third kappa shape index (κ3) is 7.53. The molecule has 0 aliphatic rings. The van der Waals surface area contributed by atoms with E-state index in [4.69, 9.17) is 23.2 Å². The monoisotopic (exact) mass is 413 g/mol. The normalized spacial score (nSPS) is 12.0. The van der Waals surface area contributed by atoms with E-state index < -0.39 is 0 Å². The van der Waals surface area contributed by atoms with E-state index in [0.717, 1.165) is 22.8 Å². The summed E-state index contributed by atoms with van der Waals surface area (Å²) in [7, 11) is 0. The lowest BCUT2D eigenvalue weighted by atomic mass is 10.2. The van der Waals surface area contributed by atoms with Crippen molar-refractivity contribution < 1.29 is 4.79 Å². The molecule has 134 valence electrons. The maximum absolute atomic E-state index is 12.1. The van der Waals surface area contributed by atoms with E-state index in [9.17, 15) is 4.79 Å². The number of carbonyl (C=O) groups excluding carboxylic acids is 1. The van der Waals surface area contributed by atoms with E-state index in [-0.39, 0.29) is 11.2 Å².